The van der Waals surface area contributed by atoms with Crippen molar-refractivity contribution < 1.29 is 13.2 Å². The highest BCUT2D eigenvalue weighted by molar-refractivity contribution is 7.91. The molecule has 136 valence electrons. The highest BCUT2D eigenvalue weighted by Crippen LogP contribution is 2.38. The third kappa shape index (κ3) is 3.32. The highest BCUT2D eigenvalue weighted by atomic mass is 32.2. The average Bonchev–Trinajstić information content (AvgIpc) is 3.06. The molecule has 0 N–H and O–H groups in total. The van der Waals surface area contributed by atoms with Crippen LogP contribution in [0.2, 0.25) is 0 Å². The molecule has 0 radical (unpaired) electrons. The zero-order chi connectivity index (χ0) is 18.1. The molecule has 4 rings (SSSR count). The molecule has 1 aliphatic rings. The van der Waals surface area contributed by atoms with Gasteiger partial charge in [0.15, 0.2) is 15.7 Å². The Morgan fingerprint density at radius 1 is 1.15 bits per heavy atom. The lowest BCUT2D eigenvalue weighted by atomic mass is 10.1. The van der Waals surface area contributed by atoms with Crippen molar-refractivity contribution in [1.82, 2.24) is 9.97 Å². The normalized spacial score (nSPS) is 16.9. The van der Waals surface area contributed by atoms with Crippen LogP contribution in [0.15, 0.2) is 35.7 Å². The van der Waals surface area contributed by atoms with Gasteiger partial charge in [-0.2, -0.15) is 0 Å². The molecule has 0 saturated carbocycles. The van der Waals surface area contributed by atoms with Crippen LogP contribution in [0.4, 0.5) is 5.82 Å². The van der Waals surface area contributed by atoms with Crippen LogP contribution in [0.5, 0.6) is 0 Å². The summed E-state index contributed by atoms with van der Waals surface area (Å²) < 4.78 is 28.9. The fraction of sp³-hybridized carbons (Fsp3) is 0.333. The van der Waals surface area contributed by atoms with Gasteiger partial charge in [-0.05, 0) is 5.56 Å². The molecule has 0 unspecified atom stereocenters. The van der Waals surface area contributed by atoms with E-state index in [9.17, 15) is 8.42 Å². The fourth-order valence-electron chi connectivity index (χ4n) is 3.14. The predicted molar refractivity (Wildman–Crippen MR) is 104 cm³/mol. The van der Waals surface area contributed by atoms with Crippen molar-refractivity contribution in [2.24, 2.45) is 0 Å². The number of ether oxygens (including phenoxy) is 1. The molecule has 3 aromatic rings. The Bertz CT molecular complexity index is 1020. The van der Waals surface area contributed by atoms with Crippen LogP contribution in [0.25, 0.3) is 21.3 Å². The molecule has 1 aliphatic heterocycles. The lowest BCUT2D eigenvalue weighted by Crippen LogP contribution is -2.41. The van der Waals surface area contributed by atoms with Crippen molar-refractivity contribution >= 4 is 37.2 Å². The van der Waals surface area contributed by atoms with E-state index < -0.39 is 9.84 Å². The molecule has 26 heavy (non-hydrogen) atoms. The number of rotatable bonds is 4. The minimum Gasteiger partial charge on any atom is -0.377 e. The summed E-state index contributed by atoms with van der Waals surface area (Å²) in [6.45, 7) is 1.23. The SMILES string of the molecule is COCc1nc(N2CCS(=O)(=O)CC2)c2c(-c3ccccc3)csc2n1. The molecule has 3 heterocycles. The van der Waals surface area contributed by atoms with Crippen molar-refractivity contribution in [2.45, 2.75) is 6.61 Å². The average molecular weight is 390 g/mol. The first-order chi connectivity index (χ1) is 12.6. The minimum absolute atomic E-state index is 0.156. The molecule has 0 aliphatic carbocycles. The zero-order valence-electron chi connectivity index (χ0n) is 14.4. The Morgan fingerprint density at radius 2 is 1.88 bits per heavy atom. The van der Waals surface area contributed by atoms with E-state index in [4.69, 9.17) is 9.72 Å². The van der Waals surface area contributed by atoms with E-state index in [-0.39, 0.29) is 11.5 Å². The summed E-state index contributed by atoms with van der Waals surface area (Å²) in [6, 6.07) is 10.1. The van der Waals surface area contributed by atoms with E-state index in [1.165, 1.54) is 0 Å². The number of fused-ring (bicyclic) bond motifs is 1. The van der Waals surface area contributed by atoms with Gasteiger partial charge in [0.05, 0.1) is 16.9 Å². The number of anilines is 1. The van der Waals surface area contributed by atoms with E-state index >= 15 is 0 Å². The van der Waals surface area contributed by atoms with Gasteiger partial charge in [0.2, 0.25) is 0 Å². The number of methoxy groups -OCH3 is 1. The van der Waals surface area contributed by atoms with E-state index in [1.807, 2.05) is 18.2 Å². The van der Waals surface area contributed by atoms with Crippen molar-refractivity contribution in [3.63, 3.8) is 0 Å². The Morgan fingerprint density at radius 3 is 2.58 bits per heavy atom. The van der Waals surface area contributed by atoms with Gasteiger partial charge >= 0.3 is 0 Å². The molecule has 0 bridgehead atoms. The number of nitrogens with zero attached hydrogens (tertiary/aromatic N) is 3. The van der Waals surface area contributed by atoms with Crippen LogP contribution in [0, 0.1) is 0 Å². The first-order valence-corrected chi connectivity index (χ1v) is 11.1. The number of sulfone groups is 1. The zero-order valence-corrected chi connectivity index (χ0v) is 16.0. The van der Waals surface area contributed by atoms with Gasteiger partial charge in [0, 0.05) is 31.1 Å². The molecule has 0 atom stereocenters. The molecular weight excluding hydrogens is 370 g/mol. The summed E-state index contributed by atoms with van der Waals surface area (Å²) in [6.07, 6.45) is 0. The van der Waals surface area contributed by atoms with Gasteiger partial charge in [-0.1, -0.05) is 30.3 Å². The molecule has 0 amide bonds. The molecule has 1 aromatic carbocycles. The summed E-state index contributed by atoms with van der Waals surface area (Å²) in [5.74, 6) is 1.73. The minimum atomic E-state index is -2.95. The van der Waals surface area contributed by atoms with Crippen LogP contribution < -0.4 is 4.90 Å². The quantitative estimate of drug-likeness (QED) is 0.683. The largest absolute Gasteiger partial charge is 0.377 e. The standard InChI is InChI=1S/C18H19N3O3S2/c1-24-11-15-19-17(21-7-9-26(22,23)10-8-21)16-14(12-25-18(16)20-15)13-5-3-2-4-6-13/h2-6,12H,7-11H2,1H3. The number of benzene rings is 1. The molecule has 2 aromatic heterocycles. The third-order valence-electron chi connectivity index (χ3n) is 4.46. The summed E-state index contributed by atoms with van der Waals surface area (Å²) in [4.78, 5) is 12.3. The van der Waals surface area contributed by atoms with Gasteiger partial charge < -0.3 is 9.64 Å². The predicted octanol–water partition coefficient (Wildman–Crippen LogP) is 2.74. The Balaban J connectivity index is 1.86. The topological polar surface area (TPSA) is 72.4 Å². The van der Waals surface area contributed by atoms with Crippen molar-refractivity contribution in [1.29, 1.82) is 0 Å². The Labute approximate surface area is 156 Å². The summed E-state index contributed by atoms with van der Waals surface area (Å²) in [7, 11) is -1.34. The second-order valence-corrected chi connectivity index (χ2v) is 9.39. The van der Waals surface area contributed by atoms with Gasteiger partial charge in [0.25, 0.3) is 0 Å². The second-order valence-electron chi connectivity index (χ2n) is 6.23. The summed E-state index contributed by atoms with van der Waals surface area (Å²) in [5, 5.41) is 3.08. The maximum atomic E-state index is 11.8. The van der Waals surface area contributed by atoms with Gasteiger partial charge in [0.1, 0.15) is 17.3 Å². The lowest BCUT2D eigenvalue weighted by molar-refractivity contribution is 0.178. The highest BCUT2D eigenvalue weighted by Gasteiger charge is 2.26. The molecule has 8 heteroatoms. The maximum absolute atomic E-state index is 11.8. The maximum Gasteiger partial charge on any atom is 0.158 e. The van der Waals surface area contributed by atoms with Crippen LogP contribution in [0.3, 0.4) is 0 Å². The molecule has 1 fully saturated rings. The Kier molecular flexibility index (Phi) is 4.64. The fourth-order valence-corrected chi connectivity index (χ4v) is 5.31. The van der Waals surface area contributed by atoms with Crippen LogP contribution in [-0.4, -0.2) is 50.1 Å². The number of hydrogen-bond donors (Lipinski definition) is 0. The van der Waals surface area contributed by atoms with Crippen molar-refractivity contribution in [2.75, 3.05) is 36.6 Å². The number of hydrogen-bond acceptors (Lipinski definition) is 7. The van der Waals surface area contributed by atoms with Crippen LogP contribution in [-0.2, 0) is 21.2 Å². The van der Waals surface area contributed by atoms with Crippen LogP contribution >= 0.6 is 11.3 Å². The second kappa shape index (κ2) is 6.94. The molecule has 6 nitrogen and oxygen atoms in total. The third-order valence-corrected chi connectivity index (χ3v) is 6.94. The lowest BCUT2D eigenvalue weighted by Gasteiger charge is -2.28. The smallest absolute Gasteiger partial charge is 0.158 e. The van der Waals surface area contributed by atoms with Crippen molar-refractivity contribution in [3.05, 3.63) is 41.5 Å². The number of aromatic nitrogens is 2. The van der Waals surface area contributed by atoms with E-state index in [1.54, 1.807) is 18.4 Å². The summed E-state index contributed by atoms with van der Waals surface area (Å²) >= 11 is 1.58. The first kappa shape index (κ1) is 17.4. The Hall–Kier alpha value is -2.03. The van der Waals surface area contributed by atoms with E-state index in [2.05, 4.69) is 27.4 Å². The monoisotopic (exact) mass is 389 g/mol. The summed E-state index contributed by atoms with van der Waals surface area (Å²) in [5.41, 5.74) is 2.19. The van der Waals surface area contributed by atoms with Gasteiger partial charge in [-0.25, -0.2) is 18.4 Å². The van der Waals surface area contributed by atoms with Gasteiger partial charge in [-0.3, -0.25) is 0 Å². The molecular formula is C18H19N3O3S2. The van der Waals surface area contributed by atoms with E-state index in [0.29, 0.717) is 25.5 Å². The molecule has 0 spiro atoms. The van der Waals surface area contributed by atoms with Gasteiger partial charge in [-0.15, -0.1) is 11.3 Å². The van der Waals surface area contributed by atoms with Crippen molar-refractivity contribution in [3.8, 4) is 11.1 Å². The first-order valence-electron chi connectivity index (χ1n) is 8.35. The number of thiophene rings is 1. The van der Waals surface area contributed by atoms with E-state index in [0.717, 1.165) is 27.2 Å². The molecule has 1 saturated heterocycles. The van der Waals surface area contributed by atoms with Crippen LogP contribution in [0.1, 0.15) is 5.82 Å².